The van der Waals surface area contributed by atoms with Crippen molar-refractivity contribution in [1.82, 2.24) is 15.1 Å². The first-order chi connectivity index (χ1) is 6.84. The lowest BCUT2D eigenvalue weighted by atomic mass is 10.3. The number of rotatable bonds is 4. The van der Waals surface area contributed by atoms with Crippen LogP contribution in [0, 0.1) is 0 Å². The number of thiophene rings is 1. The van der Waals surface area contributed by atoms with Crippen molar-refractivity contribution in [3.8, 4) is 0 Å². The van der Waals surface area contributed by atoms with Gasteiger partial charge in [0.25, 0.3) is 0 Å². The molecular weight excluding hydrogens is 194 g/mol. The molecule has 4 heteroatoms. The molecule has 74 valence electrons. The number of nitrogens with zero attached hydrogens (tertiary/aromatic N) is 2. The summed E-state index contributed by atoms with van der Waals surface area (Å²) in [5.74, 6) is 0. The first kappa shape index (κ1) is 9.43. The zero-order chi connectivity index (χ0) is 9.80. The fourth-order valence-corrected chi connectivity index (χ4v) is 1.95. The highest BCUT2D eigenvalue weighted by Gasteiger charge is 1.96. The summed E-state index contributed by atoms with van der Waals surface area (Å²) >= 11 is 1.73. The van der Waals surface area contributed by atoms with E-state index in [0.29, 0.717) is 0 Å². The van der Waals surface area contributed by atoms with Crippen LogP contribution in [0.4, 0.5) is 0 Å². The van der Waals surface area contributed by atoms with Crippen LogP contribution in [0.25, 0.3) is 0 Å². The molecule has 0 radical (unpaired) electrons. The van der Waals surface area contributed by atoms with E-state index in [1.54, 1.807) is 11.3 Å². The van der Waals surface area contributed by atoms with Crippen molar-refractivity contribution in [2.24, 2.45) is 7.05 Å². The second kappa shape index (κ2) is 4.39. The Hall–Kier alpha value is -1.13. The maximum atomic E-state index is 4.29. The van der Waals surface area contributed by atoms with E-state index in [1.165, 1.54) is 5.56 Å². The lowest BCUT2D eigenvalue weighted by molar-refractivity contribution is 0.657. The summed E-state index contributed by atoms with van der Waals surface area (Å²) in [5.41, 5.74) is 2.42. The number of aryl methyl sites for hydroxylation is 1. The number of aromatic nitrogens is 2. The Balaban J connectivity index is 1.78. The van der Waals surface area contributed by atoms with Gasteiger partial charge in [0.2, 0.25) is 0 Å². The van der Waals surface area contributed by atoms with E-state index in [0.717, 1.165) is 18.8 Å². The predicted octanol–water partition coefficient (Wildman–Crippen LogP) is 1.77. The maximum Gasteiger partial charge on any atom is 0.0762 e. The molecule has 0 atom stereocenters. The van der Waals surface area contributed by atoms with Crippen molar-refractivity contribution < 1.29 is 0 Å². The molecule has 14 heavy (non-hydrogen) atoms. The molecule has 2 rings (SSSR count). The maximum absolute atomic E-state index is 4.29. The van der Waals surface area contributed by atoms with E-state index >= 15 is 0 Å². The average Bonchev–Trinajstić information content (AvgIpc) is 2.77. The van der Waals surface area contributed by atoms with Crippen molar-refractivity contribution >= 4 is 11.3 Å². The normalized spacial score (nSPS) is 10.6. The highest BCUT2D eigenvalue weighted by atomic mass is 32.1. The molecule has 0 unspecified atom stereocenters. The lowest BCUT2D eigenvalue weighted by Crippen LogP contribution is -2.12. The van der Waals surface area contributed by atoms with Crippen LogP contribution in [0.2, 0.25) is 0 Å². The van der Waals surface area contributed by atoms with Crippen molar-refractivity contribution in [3.63, 3.8) is 0 Å². The summed E-state index contributed by atoms with van der Waals surface area (Å²) in [5, 5.41) is 11.9. The Bertz CT molecular complexity index is 378. The van der Waals surface area contributed by atoms with Crippen molar-refractivity contribution in [2.45, 2.75) is 13.1 Å². The monoisotopic (exact) mass is 207 g/mol. The zero-order valence-electron chi connectivity index (χ0n) is 8.10. The highest BCUT2D eigenvalue weighted by molar-refractivity contribution is 7.07. The van der Waals surface area contributed by atoms with Gasteiger partial charge in [0.05, 0.1) is 5.69 Å². The molecule has 0 saturated carbocycles. The van der Waals surface area contributed by atoms with Gasteiger partial charge in [-0.25, -0.2) is 0 Å². The second-order valence-corrected chi connectivity index (χ2v) is 4.00. The van der Waals surface area contributed by atoms with Gasteiger partial charge in [-0.15, -0.1) is 0 Å². The number of hydrogen-bond acceptors (Lipinski definition) is 3. The van der Waals surface area contributed by atoms with Gasteiger partial charge in [-0.3, -0.25) is 4.68 Å². The third kappa shape index (κ3) is 2.43. The topological polar surface area (TPSA) is 29.9 Å². The van der Waals surface area contributed by atoms with Crippen LogP contribution >= 0.6 is 11.3 Å². The van der Waals surface area contributed by atoms with Crippen LogP contribution in [0.5, 0.6) is 0 Å². The molecule has 0 aromatic carbocycles. The van der Waals surface area contributed by atoms with Crippen molar-refractivity contribution in [1.29, 1.82) is 0 Å². The van der Waals surface area contributed by atoms with E-state index in [-0.39, 0.29) is 0 Å². The molecule has 3 nitrogen and oxygen atoms in total. The van der Waals surface area contributed by atoms with Gasteiger partial charge < -0.3 is 5.32 Å². The van der Waals surface area contributed by atoms with E-state index in [1.807, 2.05) is 24.0 Å². The molecule has 0 amide bonds. The molecule has 0 aliphatic rings. The van der Waals surface area contributed by atoms with Gasteiger partial charge in [0, 0.05) is 26.3 Å². The summed E-state index contributed by atoms with van der Waals surface area (Å²) < 4.78 is 1.82. The third-order valence-electron chi connectivity index (χ3n) is 1.98. The third-order valence-corrected chi connectivity index (χ3v) is 2.72. The molecule has 0 aliphatic carbocycles. The predicted molar refractivity (Wildman–Crippen MR) is 58.1 cm³/mol. The first-order valence-corrected chi connectivity index (χ1v) is 5.49. The number of nitrogens with one attached hydrogen (secondary N) is 1. The van der Waals surface area contributed by atoms with Gasteiger partial charge in [-0.2, -0.15) is 16.4 Å². The molecule has 0 fully saturated rings. The zero-order valence-corrected chi connectivity index (χ0v) is 8.92. The minimum absolute atomic E-state index is 0.830. The molecule has 0 bridgehead atoms. The summed E-state index contributed by atoms with van der Waals surface area (Å²) in [6.07, 6.45) is 1.96. The van der Waals surface area contributed by atoms with E-state index in [9.17, 15) is 0 Å². The largest absolute Gasteiger partial charge is 0.307 e. The van der Waals surface area contributed by atoms with E-state index < -0.39 is 0 Å². The summed E-state index contributed by atoms with van der Waals surface area (Å²) in [6.45, 7) is 1.75. The molecule has 2 heterocycles. The molecular formula is C10H13N3S. The molecule has 2 aromatic heterocycles. The molecule has 0 aliphatic heterocycles. The fraction of sp³-hybridized carbons (Fsp3) is 0.300. The quantitative estimate of drug-likeness (QED) is 0.828. The van der Waals surface area contributed by atoms with Crippen LogP contribution in [-0.2, 0) is 20.1 Å². The van der Waals surface area contributed by atoms with Gasteiger partial charge >= 0.3 is 0 Å². The summed E-state index contributed by atoms with van der Waals surface area (Å²) in [4.78, 5) is 0. The lowest BCUT2D eigenvalue weighted by Gasteiger charge is -1.99. The molecule has 0 saturated heterocycles. The number of hydrogen-bond donors (Lipinski definition) is 1. The van der Waals surface area contributed by atoms with Crippen LogP contribution in [0.1, 0.15) is 11.3 Å². The fourth-order valence-electron chi connectivity index (χ4n) is 1.29. The highest BCUT2D eigenvalue weighted by Crippen LogP contribution is 2.05. The van der Waals surface area contributed by atoms with Crippen molar-refractivity contribution in [2.75, 3.05) is 0 Å². The first-order valence-electron chi connectivity index (χ1n) is 4.55. The van der Waals surface area contributed by atoms with Crippen LogP contribution in [0.3, 0.4) is 0 Å². The molecule has 2 aromatic rings. The van der Waals surface area contributed by atoms with E-state index in [2.05, 4.69) is 27.2 Å². The Morgan fingerprint density at radius 2 is 2.36 bits per heavy atom. The van der Waals surface area contributed by atoms with Gasteiger partial charge in [-0.05, 0) is 28.5 Å². The van der Waals surface area contributed by atoms with Crippen LogP contribution < -0.4 is 5.32 Å². The van der Waals surface area contributed by atoms with Gasteiger partial charge in [0.1, 0.15) is 0 Å². The minimum atomic E-state index is 0.830. The van der Waals surface area contributed by atoms with Crippen LogP contribution in [0.15, 0.2) is 29.1 Å². The van der Waals surface area contributed by atoms with Gasteiger partial charge in [-0.1, -0.05) is 0 Å². The Kier molecular flexibility index (Phi) is 2.96. The second-order valence-electron chi connectivity index (χ2n) is 3.22. The smallest absolute Gasteiger partial charge is 0.0762 e. The SMILES string of the molecule is Cn1ccc(CNCc2ccsc2)n1. The Morgan fingerprint density at radius 3 is 3.00 bits per heavy atom. The summed E-state index contributed by atoms with van der Waals surface area (Å²) in [6, 6.07) is 4.16. The minimum Gasteiger partial charge on any atom is -0.307 e. The molecule has 0 spiro atoms. The van der Waals surface area contributed by atoms with Gasteiger partial charge in [0.15, 0.2) is 0 Å². The molecule has 1 N–H and O–H groups in total. The Labute approximate surface area is 87.4 Å². The van der Waals surface area contributed by atoms with Crippen molar-refractivity contribution in [3.05, 3.63) is 40.3 Å². The summed E-state index contributed by atoms with van der Waals surface area (Å²) in [7, 11) is 1.93. The standard InChI is InChI=1S/C10H13N3S/c1-13-4-2-10(12-13)7-11-6-9-3-5-14-8-9/h2-5,8,11H,6-7H2,1H3. The Morgan fingerprint density at radius 1 is 1.43 bits per heavy atom. The van der Waals surface area contributed by atoms with E-state index in [4.69, 9.17) is 0 Å². The average molecular weight is 207 g/mol. The van der Waals surface area contributed by atoms with Crippen LogP contribution in [-0.4, -0.2) is 9.78 Å².